The fourth-order valence-corrected chi connectivity index (χ4v) is 4.45. The van der Waals surface area contributed by atoms with E-state index >= 15 is 0 Å². The number of thioether (sulfide) groups is 1. The van der Waals surface area contributed by atoms with E-state index in [1.54, 1.807) is 19.2 Å². The third-order valence-electron chi connectivity index (χ3n) is 5.03. The number of aromatic nitrogens is 3. The minimum atomic E-state index is -0.324. The van der Waals surface area contributed by atoms with Crippen LogP contribution in [-0.4, -0.2) is 27.8 Å². The molecule has 0 aliphatic rings. The quantitative estimate of drug-likeness (QED) is 0.290. The monoisotopic (exact) mass is 540 g/mol. The van der Waals surface area contributed by atoms with Gasteiger partial charge in [-0.1, -0.05) is 52.0 Å². The van der Waals surface area contributed by atoms with Gasteiger partial charge in [0.05, 0.1) is 20.1 Å². The predicted octanol–water partition coefficient (Wildman–Crippen LogP) is 5.33. The molecule has 0 saturated heterocycles. The predicted molar refractivity (Wildman–Crippen MR) is 134 cm³/mol. The Labute approximate surface area is 209 Å². The molecule has 0 fully saturated rings. The molecule has 1 aromatic heterocycles. The molecule has 0 aliphatic heterocycles. The first kappa shape index (κ1) is 24.0. The van der Waals surface area contributed by atoms with Crippen LogP contribution in [0.2, 0.25) is 0 Å². The SMILES string of the molecule is COc1ccc(CC(=O)NCc2nnc(SCc3ccc(Br)cc3)n2-c2ccc(F)cc2)cc1. The van der Waals surface area contributed by atoms with Gasteiger partial charge in [-0.2, -0.15) is 0 Å². The third kappa shape index (κ3) is 6.24. The normalized spacial score (nSPS) is 10.8. The molecule has 4 rings (SSSR count). The molecule has 0 radical (unpaired) electrons. The molecular weight excluding hydrogens is 519 g/mol. The number of nitrogens with one attached hydrogen (secondary N) is 1. The minimum absolute atomic E-state index is 0.136. The van der Waals surface area contributed by atoms with Crippen LogP contribution in [0.5, 0.6) is 5.75 Å². The van der Waals surface area contributed by atoms with Crippen molar-refractivity contribution in [1.29, 1.82) is 0 Å². The van der Waals surface area contributed by atoms with E-state index in [0.717, 1.165) is 27.0 Å². The van der Waals surface area contributed by atoms with Gasteiger partial charge in [0, 0.05) is 15.9 Å². The second-order valence-corrected chi connectivity index (χ2v) is 9.29. The van der Waals surface area contributed by atoms with Crippen LogP contribution in [0.4, 0.5) is 4.39 Å². The average molecular weight is 541 g/mol. The van der Waals surface area contributed by atoms with E-state index in [1.165, 1.54) is 23.9 Å². The van der Waals surface area contributed by atoms with Crippen LogP contribution >= 0.6 is 27.7 Å². The number of hydrogen-bond acceptors (Lipinski definition) is 5. The summed E-state index contributed by atoms with van der Waals surface area (Å²) < 4.78 is 21.5. The van der Waals surface area contributed by atoms with Crippen molar-refractivity contribution < 1.29 is 13.9 Å². The van der Waals surface area contributed by atoms with Gasteiger partial charge >= 0.3 is 0 Å². The Bertz CT molecular complexity index is 1250. The highest BCUT2D eigenvalue weighted by Gasteiger charge is 2.16. The van der Waals surface area contributed by atoms with Gasteiger partial charge in [-0.3, -0.25) is 9.36 Å². The minimum Gasteiger partial charge on any atom is -0.497 e. The van der Waals surface area contributed by atoms with Crippen LogP contribution in [0.15, 0.2) is 82.4 Å². The maximum absolute atomic E-state index is 13.5. The van der Waals surface area contributed by atoms with E-state index in [2.05, 4.69) is 31.4 Å². The molecule has 1 heterocycles. The Morgan fingerprint density at radius 3 is 2.35 bits per heavy atom. The third-order valence-corrected chi connectivity index (χ3v) is 6.56. The van der Waals surface area contributed by atoms with Gasteiger partial charge in [0.1, 0.15) is 11.6 Å². The zero-order valence-electron chi connectivity index (χ0n) is 18.4. The molecule has 0 spiro atoms. The summed E-state index contributed by atoms with van der Waals surface area (Å²) in [7, 11) is 1.60. The molecule has 0 saturated carbocycles. The van der Waals surface area contributed by atoms with Crippen LogP contribution in [0.3, 0.4) is 0 Å². The first-order valence-electron chi connectivity index (χ1n) is 10.5. The second kappa shape index (κ2) is 11.3. The highest BCUT2D eigenvalue weighted by atomic mass is 79.9. The summed E-state index contributed by atoms with van der Waals surface area (Å²) in [6, 6.07) is 21.5. The number of methoxy groups -OCH3 is 1. The molecule has 1 N–H and O–H groups in total. The number of nitrogens with zero attached hydrogens (tertiary/aromatic N) is 3. The number of rotatable bonds is 9. The topological polar surface area (TPSA) is 69.0 Å². The Hall–Kier alpha value is -3.17. The van der Waals surface area contributed by atoms with Crippen molar-refractivity contribution in [2.45, 2.75) is 23.9 Å². The number of carbonyl (C=O) groups is 1. The summed E-state index contributed by atoms with van der Waals surface area (Å²) in [6.45, 7) is 0.193. The van der Waals surface area contributed by atoms with Crippen LogP contribution in [0.25, 0.3) is 5.69 Å². The molecule has 3 aromatic carbocycles. The second-order valence-electron chi connectivity index (χ2n) is 7.43. The number of benzene rings is 3. The molecule has 34 heavy (non-hydrogen) atoms. The first-order chi connectivity index (χ1) is 16.5. The molecule has 1 amide bonds. The summed E-state index contributed by atoms with van der Waals surface area (Å²) >= 11 is 4.97. The molecular formula is C25H22BrFN4O2S. The highest BCUT2D eigenvalue weighted by Crippen LogP contribution is 2.26. The fraction of sp³-hybridized carbons (Fsp3) is 0.160. The molecule has 0 atom stereocenters. The van der Waals surface area contributed by atoms with Crippen molar-refractivity contribution in [3.8, 4) is 11.4 Å². The van der Waals surface area contributed by atoms with Crippen LogP contribution in [0, 0.1) is 5.82 Å². The van der Waals surface area contributed by atoms with Gasteiger partial charge in [0.15, 0.2) is 11.0 Å². The van der Waals surface area contributed by atoms with E-state index in [4.69, 9.17) is 4.74 Å². The number of halogens is 2. The zero-order valence-corrected chi connectivity index (χ0v) is 20.8. The van der Waals surface area contributed by atoms with Crippen molar-refractivity contribution in [2.75, 3.05) is 7.11 Å². The zero-order chi connectivity index (χ0) is 23.9. The highest BCUT2D eigenvalue weighted by molar-refractivity contribution is 9.10. The molecule has 0 aliphatic carbocycles. The van der Waals surface area contributed by atoms with Crippen molar-refractivity contribution >= 4 is 33.6 Å². The number of hydrogen-bond donors (Lipinski definition) is 1. The van der Waals surface area contributed by atoms with Gasteiger partial charge in [0.25, 0.3) is 0 Å². The molecule has 9 heteroatoms. The lowest BCUT2D eigenvalue weighted by Gasteiger charge is -2.11. The summed E-state index contributed by atoms with van der Waals surface area (Å²) in [6.07, 6.45) is 0.236. The lowest BCUT2D eigenvalue weighted by atomic mass is 10.1. The molecule has 174 valence electrons. The van der Waals surface area contributed by atoms with Crippen molar-refractivity contribution in [1.82, 2.24) is 20.1 Å². The lowest BCUT2D eigenvalue weighted by Crippen LogP contribution is -2.26. The van der Waals surface area contributed by atoms with Gasteiger partial charge in [0.2, 0.25) is 5.91 Å². The first-order valence-corrected chi connectivity index (χ1v) is 12.3. The van der Waals surface area contributed by atoms with Crippen LogP contribution in [0.1, 0.15) is 17.0 Å². The summed E-state index contributed by atoms with van der Waals surface area (Å²) in [5, 5.41) is 12.2. The molecule has 0 unspecified atom stereocenters. The Balaban J connectivity index is 1.48. The summed E-state index contributed by atoms with van der Waals surface area (Å²) in [5.74, 6) is 1.53. The fourth-order valence-electron chi connectivity index (χ4n) is 3.26. The van der Waals surface area contributed by atoms with Gasteiger partial charge in [-0.05, 0) is 59.7 Å². The van der Waals surface area contributed by atoms with E-state index < -0.39 is 0 Å². The van der Waals surface area contributed by atoms with Crippen molar-refractivity contribution in [3.63, 3.8) is 0 Å². The summed E-state index contributed by atoms with van der Waals surface area (Å²) in [4.78, 5) is 12.5. The Morgan fingerprint density at radius 1 is 1.00 bits per heavy atom. The van der Waals surface area contributed by atoms with Gasteiger partial charge in [-0.25, -0.2) is 4.39 Å². The van der Waals surface area contributed by atoms with Crippen molar-refractivity contribution in [2.24, 2.45) is 0 Å². The molecule has 0 bridgehead atoms. The maximum atomic E-state index is 13.5. The van der Waals surface area contributed by atoms with E-state index in [-0.39, 0.29) is 24.7 Å². The van der Waals surface area contributed by atoms with Crippen LogP contribution in [-0.2, 0) is 23.5 Å². The Kier molecular flexibility index (Phi) is 7.97. The lowest BCUT2D eigenvalue weighted by molar-refractivity contribution is -0.120. The van der Waals surface area contributed by atoms with E-state index in [9.17, 15) is 9.18 Å². The molecule has 6 nitrogen and oxygen atoms in total. The number of amides is 1. The van der Waals surface area contributed by atoms with Gasteiger partial charge in [-0.15, -0.1) is 10.2 Å². The van der Waals surface area contributed by atoms with Gasteiger partial charge < -0.3 is 10.1 Å². The number of carbonyl (C=O) groups excluding carboxylic acids is 1. The average Bonchev–Trinajstić information content (AvgIpc) is 3.26. The van der Waals surface area contributed by atoms with Crippen molar-refractivity contribution in [3.05, 3.63) is 100 Å². The standard InChI is InChI=1S/C25H22BrFN4O2S/c1-33-22-12-4-17(5-13-22)14-24(32)28-15-23-29-30-25(31(23)21-10-8-20(27)9-11-21)34-16-18-2-6-19(26)7-3-18/h2-13H,14-16H2,1H3,(H,28,32). The molecule has 4 aromatic rings. The van der Waals surface area contributed by atoms with E-state index in [1.807, 2.05) is 53.1 Å². The Morgan fingerprint density at radius 2 is 1.68 bits per heavy atom. The number of ether oxygens (including phenoxy) is 1. The van der Waals surface area contributed by atoms with E-state index in [0.29, 0.717) is 16.7 Å². The largest absolute Gasteiger partial charge is 0.497 e. The summed E-state index contributed by atoms with van der Waals surface area (Å²) in [5.41, 5.74) is 2.74. The maximum Gasteiger partial charge on any atom is 0.224 e. The van der Waals surface area contributed by atoms with Crippen LogP contribution < -0.4 is 10.1 Å². The smallest absolute Gasteiger partial charge is 0.224 e.